The van der Waals surface area contributed by atoms with E-state index < -0.39 is 0 Å². The summed E-state index contributed by atoms with van der Waals surface area (Å²) in [5.74, 6) is -0.357. The van der Waals surface area contributed by atoms with Gasteiger partial charge < -0.3 is 14.7 Å². The van der Waals surface area contributed by atoms with Gasteiger partial charge >= 0.3 is 0 Å². The van der Waals surface area contributed by atoms with E-state index in [1.54, 1.807) is 6.07 Å². The number of aliphatic hydroxyl groups is 1. The topological polar surface area (TPSA) is 32.7 Å². The SMILES string of the molecule is CN(CC1CCCO1)c1cccc(F)c1CO. The molecule has 3 nitrogen and oxygen atoms in total. The number of rotatable bonds is 4. The number of likely N-dealkylation sites (N-methyl/N-ethyl adjacent to an activating group) is 1. The minimum Gasteiger partial charge on any atom is -0.391 e. The first-order valence-electron chi connectivity index (χ1n) is 5.93. The molecule has 1 atom stereocenters. The van der Waals surface area contributed by atoms with Gasteiger partial charge in [-0.15, -0.1) is 0 Å². The zero-order chi connectivity index (χ0) is 12.3. The fraction of sp³-hybridized carbons (Fsp3) is 0.538. The van der Waals surface area contributed by atoms with Gasteiger partial charge in [-0.3, -0.25) is 0 Å². The van der Waals surface area contributed by atoms with Crippen LogP contribution in [0.2, 0.25) is 0 Å². The highest BCUT2D eigenvalue weighted by Crippen LogP contribution is 2.24. The van der Waals surface area contributed by atoms with Gasteiger partial charge in [0.05, 0.1) is 12.7 Å². The summed E-state index contributed by atoms with van der Waals surface area (Å²) in [6.07, 6.45) is 2.36. The molecular weight excluding hydrogens is 221 g/mol. The van der Waals surface area contributed by atoms with Crippen molar-refractivity contribution in [1.82, 2.24) is 0 Å². The van der Waals surface area contributed by atoms with Gasteiger partial charge in [-0.2, -0.15) is 0 Å². The maximum absolute atomic E-state index is 13.5. The van der Waals surface area contributed by atoms with E-state index in [2.05, 4.69) is 0 Å². The molecule has 1 aliphatic heterocycles. The van der Waals surface area contributed by atoms with Crippen molar-refractivity contribution in [3.8, 4) is 0 Å². The molecule has 1 aromatic carbocycles. The molecule has 0 amide bonds. The lowest BCUT2D eigenvalue weighted by Crippen LogP contribution is -2.29. The van der Waals surface area contributed by atoms with Crippen molar-refractivity contribution < 1.29 is 14.2 Å². The van der Waals surface area contributed by atoms with Crippen LogP contribution >= 0.6 is 0 Å². The van der Waals surface area contributed by atoms with Crippen LogP contribution in [-0.2, 0) is 11.3 Å². The third kappa shape index (κ3) is 2.76. The Morgan fingerprint density at radius 3 is 3.00 bits per heavy atom. The molecule has 94 valence electrons. The zero-order valence-corrected chi connectivity index (χ0v) is 10.0. The number of ether oxygens (including phenoxy) is 1. The van der Waals surface area contributed by atoms with Crippen molar-refractivity contribution in [2.24, 2.45) is 0 Å². The Labute approximate surface area is 101 Å². The molecule has 0 aromatic heterocycles. The van der Waals surface area contributed by atoms with E-state index in [1.165, 1.54) is 6.07 Å². The molecule has 1 unspecified atom stereocenters. The van der Waals surface area contributed by atoms with Crippen LogP contribution in [0.4, 0.5) is 10.1 Å². The summed E-state index contributed by atoms with van der Waals surface area (Å²) in [5.41, 5.74) is 1.09. The molecular formula is C13H18FNO2. The number of aliphatic hydroxyl groups excluding tert-OH is 1. The smallest absolute Gasteiger partial charge is 0.130 e. The van der Waals surface area contributed by atoms with Gasteiger partial charge in [0.1, 0.15) is 5.82 Å². The molecule has 1 saturated heterocycles. The van der Waals surface area contributed by atoms with E-state index in [-0.39, 0.29) is 18.5 Å². The summed E-state index contributed by atoms with van der Waals surface area (Å²) in [6.45, 7) is 1.27. The van der Waals surface area contributed by atoms with Gasteiger partial charge in [0.25, 0.3) is 0 Å². The third-order valence-electron chi connectivity index (χ3n) is 3.16. The summed E-state index contributed by atoms with van der Waals surface area (Å²) in [4.78, 5) is 1.95. The highest BCUT2D eigenvalue weighted by atomic mass is 19.1. The predicted octanol–water partition coefficient (Wildman–Crippen LogP) is 1.93. The zero-order valence-electron chi connectivity index (χ0n) is 10.0. The maximum Gasteiger partial charge on any atom is 0.130 e. The van der Waals surface area contributed by atoms with Gasteiger partial charge in [-0.25, -0.2) is 4.39 Å². The second kappa shape index (κ2) is 5.47. The number of halogens is 1. The highest BCUT2D eigenvalue weighted by Gasteiger charge is 2.19. The average molecular weight is 239 g/mol. The summed E-state index contributed by atoms with van der Waals surface area (Å²) in [7, 11) is 1.90. The summed E-state index contributed by atoms with van der Waals surface area (Å²) in [6, 6.07) is 4.86. The normalized spacial score (nSPS) is 19.6. The van der Waals surface area contributed by atoms with Crippen LogP contribution < -0.4 is 4.90 Å². The van der Waals surface area contributed by atoms with Crippen LogP contribution in [0, 0.1) is 5.82 Å². The second-order valence-electron chi connectivity index (χ2n) is 4.41. The molecule has 4 heteroatoms. The highest BCUT2D eigenvalue weighted by molar-refractivity contribution is 5.53. The van der Waals surface area contributed by atoms with Crippen molar-refractivity contribution in [3.63, 3.8) is 0 Å². The second-order valence-corrected chi connectivity index (χ2v) is 4.41. The van der Waals surface area contributed by atoms with Crippen molar-refractivity contribution in [1.29, 1.82) is 0 Å². The molecule has 0 saturated carbocycles. The summed E-state index contributed by atoms with van der Waals surface area (Å²) in [5, 5.41) is 9.21. The lowest BCUT2D eigenvalue weighted by molar-refractivity contribution is 0.116. The fourth-order valence-corrected chi connectivity index (χ4v) is 2.25. The van der Waals surface area contributed by atoms with E-state index in [4.69, 9.17) is 4.74 Å². The molecule has 0 aliphatic carbocycles. The summed E-state index contributed by atoms with van der Waals surface area (Å²) < 4.78 is 19.1. The molecule has 0 bridgehead atoms. The molecule has 1 N–H and O–H groups in total. The maximum atomic E-state index is 13.5. The Morgan fingerprint density at radius 2 is 2.35 bits per heavy atom. The Balaban J connectivity index is 2.12. The van der Waals surface area contributed by atoms with Crippen molar-refractivity contribution in [2.45, 2.75) is 25.6 Å². The van der Waals surface area contributed by atoms with Crippen molar-refractivity contribution in [3.05, 3.63) is 29.6 Å². The first kappa shape index (κ1) is 12.3. The third-order valence-corrected chi connectivity index (χ3v) is 3.16. The predicted molar refractivity (Wildman–Crippen MR) is 64.6 cm³/mol. The summed E-state index contributed by atoms with van der Waals surface area (Å²) >= 11 is 0. The Bertz CT molecular complexity index is 378. The van der Waals surface area contributed by atoms with Gasteiger partial charge in [0, 0.05) is 31.5 Å². The van der Waals surface area contributed by atoms with Crippen LogP contribution in [0.3, 0.4) is 0 Å². The average Bonchev–Trinajstić information content (AvgIpc) is 2.81. The molecule has 1 fully saturated rings. The lowest BCUT2D eigenvalue weighted by atomic mass is 10.1. The van der Waals surface area contributed by atoms with Gasteiger partial charge in [-0.1, -0.05) is 6.07 Å². The number of benzene rings is 1. The van der Waals surface area contributed by atoms with Crippen LogP contribution in [-0.4, -0.2) is 31.4 Å². The Kier molecular flexibility index (Phi) is 3.97. The van der Waals surface area contributed by atoms with E-state index in [9.17, 15) is 9.50 Å². The number of hydrogen-bond acceptors (Lipinski definition) is 3. The molecule has 1 aromatic rings. The fourth-order valence-electron chi connectivity index (χ4n) is 2.25. The van der Waals surface area contributed by atoms with Gasteiger partial charge in [0.15, 0.2) is 0 Å². The van der Waals surface area contributed by atoms with E-state index in [0.717, 1.165) is 31.7 Å². The van der Waals surface area contributed by atoms with Gasteiger partial charge in [-0.05, 0) is 25.0 Å². The first-order valence-corrected chi connectivity index (χ1v) is 5.93. The van der Waals surface area contributed by atoms with E-state index >= 15 is 0 Å². The lowest BCUT2D eigenvalue weighted by Gasteiger charge is -2.25. The van der Waals surface area contributed by atoms with Gasteiger partial charge in [0.2, 0.25) is 0 Å². The van der Waals surface area contributed by atoms with Crippen molar-refractivity contribution >= 4 is 5.69 Å². The minimum absolute atomic E-state index is 0.217. The van der Waals surface area contributed by atoms with E-state index in [0.29, 0.717) is 5.56 Å². The van der Waals surface area contributed by atoms with Crippen LogP contribution in [0.1, 0.15) is 18.4 Å². The van der Waals surface area contributed by atoms with Crippen LogP contribution in [0.15, 0.2) is 18.2 Å². The first-order chi connectivity index (χ1) is 8.22. The molecule has 2 rings (SSSR count). The Hall–Kier alpha value is -1.13. The molecule has 1 heterocycles. The molecule has 17 heavy (non-hydrogen) atoms. The van der Waals surface area contributed by atoms with E-state index in [1.807, 2.05) is 18.0 Å². The number of hydrogen-bond donors (Lipinski definition) is 1. The molecule has 1 aliphatic rings. The Morgan fingerprint density at radius 1 is 1.53 bits per heavy atom. The monoisotopic (exact) mass is 239 g/mol. The van der Waals surface area contributed by atoms with Crippen LogP contribution in [0.25, 0.3) is 0 Å². The van der Waals surface area contributed by atoms with Crippen molar-refractivity contribution in [2.75, 3.05) is 25.1 Å². The largest absolute Gasteiger partial charge is 0.391 e. The quantitative estimate of drug-likeness (QED) is 0.871. The minimum atomic E-state index is -0.357. The molecule has 0 spiro atoms. The van der Waals surface area contributed by atoms with Crippen LogP contribution in [0.5, 0.6) is 0 Å². The number of nitrogens with zero attached hydrogens (tertiary/aromatic N) is 1. The number of anilines is 1. The standard InChI is InChI=1S/C13H18FNO2/c1-15(8-10-4-3-7-17-10)13-6-2-5-12(14)11(13)9-16/h2,5-6,10,16H,3-4,7-9H2,1H3. The molecule has 0 radical (unpaired) electrons.